The summed E-state index contributed by atoms with van der Waals surface area (Å²) in [5.41, 5.74) is 2.03. The zero-order chi connectivity index (χ0) is 15.2. The molecule has 1 amide bonds. The fraction of sp³-hybridized carbons (Fsp3) is 0.438. The molecule has 0 aliphatic rings. The summed E-state index contributed by atoms with van der Waals surface area (Å²) >= 11 is 0. The number of nitrogens with zero attached hydrogens (tertiary/aromatic N) is 3. The number of nitrogens with one attached hydrogen (secondary N) is 1. The number of hydrogen-bond acceptors (Lipinski definition) is 3. The van der Waals surface area contributed by atoms with E-state index in [1.807, 2.05) is 31.2 Å². The van der Waals surface area contributed by atoms with Crippen molar-refractivity contribution in [2.24, 2.45) is 5.92 Å². The highest BCUT2D eigenvalue weighted by molar-refractivity contribution is 5.76. The van der Waals surface area contributed by atoms with Gasteiger partial charge in [0, 0.05) is 6.42 Å². The van der Waals surface area contributed by atoms with E-state index >= 15 is 0 Å². The molecule has 0 radical (unpaired) electrons. The van der Waals surface area contributed by atoms with Crippen LogP contribution in [0.4, 0.5) is 0 Å². The lowest BCUT2D eigenvalue weighted by molar-refractivity contribution is -0.122. The predicted octanol–water partition coefficient (Wildman–Crippen LogP) is 2.88. The Labute approximate surface area is 125 Å². The summed E-state index contributed by atoms with van der Waals surface area (Å²) in [6.07, 6.45) is 4.67. The van der Waals surface area contributed by atoms with Gasteiger partial charge in [0.05, 0.1) is 11.7 Å². The summed E-state index contributed by atoms with van der Waals surface area (Å²) in [4.78, 5) is 15.8. The Kier molecular flexibility index (Phi) is 5.09. The standard InChI is InChI=1S/C16H22N4O/c1-12(2)4-9-16(21)19-13(3)14-5-7-15(8-6-14)20-11-17-10-18-20/h5-8,10-13H,4,9H2,1-3H3,(H,19,21). The maximum atomic E-state index is 11.9. The molecule has 1 aromatic carbocycles. The molecular weight excluding hydrogens is 264 g/mol. The summed E-state index contributed by atoms with van der Waals surface area (Å²) in [6, 6.07) is 7.96. The Morgan fingerprint density at radius 1 is 1.24 bits per heavy atom. The molecule has 1 atom stereocenters. The SMILES string of the molecule is CC(C)CCC(=O)NC(C)c1ccc(-n2cncn2)cc1. The molecule has 2 rings (SSSR count). The molecule has 0 aliphatic heterocycles. The Morgan fingerprint density at radius 3 is 2.52 bits per heavy atom. The largest absolute Gasteiger partial charge is 0.350 e. The number of rotatable bonds is 6. The van der Waals surface area contributed by atoms with Crippen molar-refractivity contribution in [2.75, 3.05) is 0 Å². The molecule has 1 aromatic heterocycles. The van der Waals surface area contributed by atoms with Gasteiger partial charge in [0.2, 0.25) is 5.91 Å². The lowest BCUT2D eigenvalue weighted by atomic mass is 10.1. The predicted molar refractivity (Wildman–Crippen MR) is 82.0 cm³/mol. The Hall–Kier alpha value is -2.17. The van der Waals surface area contributed by atoms with Gasteiger partial charge in [-0.1, -0.05) is 26.0 Å². The van der Waals surface area contributed by atoms with Gasteiger partial charge in [-0.3, -0.25) is 4.79 Å². The number of carbonyl (C=O) groups excluding carboxylic acids is 1. The van der Waals surface area contributed by atoms with Crippen LogP contribution in [0.1, 0.15) is 45.2 Å². The fourth-order valence-electron chi connectivity index (χ4n) is 2.07. The van der Waals surface area contributed by atoms with Crippen LogP contribution in [0.15, 0.2) is 36.9 Å². The Bertz CT molecular complexity index is 560. The molecule has 0 saturated carbocycles. The molecular formula is C16H22N4O. The van der Waals surface area contributed by atoms with Crippen molar-refractivity contribution in [3.8, 4) is 5.69 Å². The molecule has 2 aromatic rings. The van der Waals surface area contributed by atoms with Gasteiger partial charge in [0.1, 0.15) is 12.7 Å². The Morgan fingerprint density at radius 2 is 1.95 bits per heavy atom. The molecule has 1 heterocycles. The number of hydrogen-bond donors (Lipinski definition) is 1. The first-order valence-corrected chi connectivity index (χ1v) is 7.30. The van der Waals surface area contributed by atoms with Crippen molar-refractivity contribution in [2.45, 2.75) is 39.7 Å². The molecule has 5 nitrogen and oxygen atoms in total. The van der Waals surface area contributed by atoms with E-state index in [2.05, 4.69) is 29.2 Å². The highest BCUT2D eigenvalue weighted by Crippen LogP contribution is 2.15. The molecule has 0 fully saturated rings. The second kappa shape index (κ2) is 7.02. The smallest absolute Gasteiger partial charge is 0.220 e. The molecule has 0 bridgehead atoms. The van der Waals surface area contributed by atoms with Crippen molar-refractivity contribution in [1.82, 2.24) is 20.1 Å². The second-order valence-electron chi connectivity index (χ2n) is 5.65. The minimum atomic E-state index is 0.00876. The summed E-state index contributed by atoms with van der Waals surface area (Å²) in [6.45, 7) is 6.25. The van der Waals surface area contributed by atoms with E-state index in [-0.39, 0.29) is 11.9 Å². The molecule has 0 aliphatic carbocycles. The first-order valence-electron chi connectivity index (χ1n) is 7.30. The summed E-state index contributed by atoms with van der Waals surface area (Å²) in [5, 5.41) is 7.12. The Balaban J connectivity index is 1.93. The van der Waals surface area contributed by atoms with Gasteiger partial charge in [-0.2, -0.15) is 5.10 Å². The van der Waals surface area contributed by atoms with Gasteiger partial charge >= 0.3 is 0 Å². The van der Waals surface area contributed by atoms with Crippen molar-refractivity contribution in [3.63, 3.8) is 0 Å². The van der Waals surface area contributed by atoms with Gasteiger partial charge in [-0.25, -0.2) is 9.67 Å². The average molecular weight is 286 g/mol. The van der Waals surface area contributed by atoms with Gasteiger partial charge in [0.15, 0.2) is 0 Å². The van der Waals surface area contributed by atoms with Gasteiger partial charge in [-0.05, 0) is 37.0 Å². The van der Waals surface area contributed by atoms with Crippen LogP contribution in [0.3, 0.4) is 0 Å². The van der Waals surface area contributed by atoms with Crippen molar-refractivity contribution >= 4 is 5.91 Å². The summed E-state index contributed by atoms with van der Waals surface area (Å²) in [5.74, 6) is 0.657. The van der Waals surface area contributed by atoms with Crippen LogP contribution in [0, 0.1) is 5.92 Å². The van der Waals surface area contributed by atoms with Crippen molar-refractivity contribution in [3.05, 3.63) is 42.5 Å². The molecule has 112 valence electrons. The highest BCUT2D eigenvalue weighted by atomic mass is 16.1. The summed E-state index contributed by atoms with van der Waals surface area (Å²) < 4.78 is 1.70. The second-order valence-corrected chi connectivity index (χ2v) is 5.65. The molecule has 1 unspecified atom stereocenters. The molecule has 0 spiro atoms. The van der Waals surface area contributed by atoms with E-state index in [1.54, 1.807) is 11.0 Å². The fourth-order valence-corrected chi connectivity index (χ4v) is 2.07. The van der Waals surface area contributed by atoms with E-state index in [0.29, 0.717) is 12.3 Å². The quantitative estimate of drug-likeness (QED) is 0.888. The zero-order valence-electron chi connectivity index (χ0n) is 12.8. The van der Waals surface area contributed by atoms with Crippen molar-refractivity contribution in [1.29, 1.82) is 0 Å². The van der Waals surface area contributed by atoms with E-state index in [1.165, 1.54) is 6.33 Å². The lowest BCUT2D eigenvalue weighted by Gasteiger charge is -2.15. The van der Waals surface area contributed by atoms with Crippen LogP contribution in [0.2, 0.25) is 0 Å². The topological polar surface area (TPSA) is 59.8 Å². The van der Waals surface area contributed by atoms with E-state index in [9.17, 15) is 4.79 Å². The number of carbonyl (C=O) groups is 1. The van der Waals surface area contributed by atoms with E-state index in [0.717, 1.165) is 17.7 Å². The zero-order valence-corrected chi connectivity index (χ0v) is 12.8. The molecule has 0 saturated heterocycles. The normalized spacial score (nSPS) is 12.4. The summed E-state index contributed by atoms with van der Waals surface area (Å²) in [7, 11) is 0. The monoisotopic (exact) mass is 286 g/mol. The molecule has 21 heavy (non-hydrogen) atoms. The van der Waals surface area contributed by atoms with Gasteiger partial charge in [-0.15, -0.1) is 0 Å². The highest BCUT2D eigenvalue weighted by Gasteiger charge is 2.10. The van der Waals surface area contributed by atoms with Gasteiger partial charge < -0.3 is 5.32 Å². The van der Waals surface area contributed by atoms with Gasteiger partial charge in [0.25, 0.3) is 0 Å². The average Bonchev–Trinajstić information content (AvgIpc) is 2.99. The maximum absolute atomic E-state index is 11.9. The molecule has 5 heteroatoms. The van der Waals surface area contributed by atoms with Crippen LogP contribution in [0.5, 0.6) is 0 Å². The third-order valence-electron chi connectivity index (χ3n) is 3.40. The lowest BCUT2D eigenvalue weighted by Crippen LogP contribution is -2.26. The maximum Gasteiger partial charge on any atom is 0.220 e. The first-order chi connectivity index (χ1) is 10.1. The third-order valence-corrected chi connectivity index (χ3v) is 3.40. The van der Waals surface area contributed by atoms with E-state index in [4.69, 9.17) is 0 Å². The molecule has 1 N–H and O–H groups in total. The minimum absolute atomic E-state index is 0.00876. The van der Waals surface area contributed by atoms with Crippen LogP contribution in [-0.2, 0) is 4.79 Å². The van der Waals surface area contributed by atoms with Crippen molar-refractivity contribution < 1.29 is 4.79 Å². The number of benzene rings is 1. The number of amides is 1. The van der Waals surface area contributed by atoms with Crippen LogP contribution >= 0.6 is 0 Å². The third kappa shape index (κ3) is 4.41. The number of aromatic nitrogens is 3. The first kappa shape index (κ1) is 15.2. The minimum Gasteiger partial charge on any atom is -0.350 e. The van der Waals surface area contributed by atoms with Crippen LogP contribution in [0.25, 0.3) is 5.69 Å². The van der Waals surface area contributed by atoms with Crippen LogP contribution < -0.4 is 5.32 Å². The van der Waals surface area contributed by atoms with Crippen LogP contribution in [-0.4, -0.2) is 20.7 Å². The van der Waals surface area contributed by atoms with E-state index < -0.39 is 0 Å².